The van der Waals surface area contributed by atoms with E-state index >= 15 is 0 Å². The zero-order chi connectivity index (χ0) is 13.8. The van der Waals surface area contributed by atoms with E-state index in [4.69, 9.17) is 0 Å². The van der Waals surface area contributed by atoms with Crippen LogP contribution < -0.4 is 0 Å². The maximum absolute atomic E-state index is 2.52. The van der Waals surface area contributed by atoms with E-state index < -0.39 is 0 Å². The molecule has 0 N–H and O–H groups in total. The predicted molar refractivity (Wildman–Crippen MR) is 85.9 cm³/mol. The van der Waals surface area contributed by atoms with Gasteiger partial charge in [-0.15, -0.1) is 0 Å². The van der Waals surface area contributed by atoms with E-state index in [9.17, 15) is 0 Å². The third-order valence-corrected chi connectivity index (χ3v) is 4.45. The first kappa shape index (κ1) is 13.4. The molecule has 2 aromatic rings. The molecule has 0 aromatic heterocycles. The SMILES string of the molecule is CN1CCCCC1Cc1ccc(-c2ccccc2)cc1. The quantitative estimate of drug-likeness (QED) is 0.796. The Kier molecular flexibility index (Phi) is 4.17. The molecule has 0 saturated carbocycles. The van der Waals surface area contributed by atoms with Gasteiger partial charge in [0.25, 0.3) is 0 Å². The average molecular weight is 265 g/mol. The zero-order valence-corrected chi connectivity index (χ0v) is 12.3. The second kappa shape index (κ2) is 6.23. The van der Waals surface area contributed by atoms with Crippen LogP contribution >= 0.6 is 0 Å². The van der Waals surface area contributed by atoms with Crippen molar-refractivity contribution in [3.05, 3.63) is 60.2 Å². The maximum atomic E-state index is 2.52. The molecule has 1 heterocycles. The number of nitrogens with zero attached hydrogens (tertiary/aromatic N) is 1. The van der Waals surface area contributed by atoms with Crippen molar-refractivity contribution >= 4 is 0 Å². The largest absolute Gasteiger partial charge is 0.303 e. The van der Waals surface area contributed by atoms with Gasteiger partial charge < -0.3 is 4.90 Å². The summed E-state index contributed by atoms with van der Waals surface area (Å²) in [6, 6.07) is 20.4. The molecule has 1 fully saturated rings. The molecule has 0 aliphatic carbocycles. The second-order valence-electron chi connectivity index (χ2n) is 5.90. The number of rotatable bonds is 3. The minimum absolute atomic E-state index is 0.728. The molecule has 1 saturated heterocycles. The number of hydrogen-bond acceptors (Lipinski definition) is 1. The first-order valence-electron chi connectivity index (χ1n) is 7.67. The number of hydrogen-bond donors (Lipinski definition) is 0. The Hall–Kier alpha value is -1.60. The summed E-state index contributed by atoms with van der Waals surface area (Å²) >= 11 is 0. The Morgan fingerprint density at radius 2 is 1.60 bits per heavy atom. The fraction of sp³-hybridized carbons (Fsp3) is 0.368. The Morgan fingerprint density at radius 3 is 2.30 bits per heavy atom. The van der Waals surface area contributed by atoms with Gasteiger partial charge in [-0.2, -0.15) is 0 Å². The summed E-state index contributed by atoms with van der Waals surface area (Å²) < 4.78 is 0. The lowest BCUT2D eigenvalue weighted by Gasteiger charge is -2.32. The summed E-state index contributed by atoms with van der Waals surface area (Å²) in [6.07, 6.45) is 5.28. The molecule has 104 valence electrons. The van der Waals surface area contributed by atoms with Gasteiger partial charge in [-0.05, 0) is 49.5 Å². The van der Waals surface area contributed by atoms with Gasteiger partial charge in [-0.25, -0.2) is 0 Å². The maximum Gasteiger partial charge on any atom is 0.0133 e. The normalized spacial score (nSPS) is 19.9. The van der Waals surface area contributed by atoms with E-state index in [-0.39, 0.29) is 0 Å². The number of likely N-dealkylation sites (N-methyl/N-ethyl adjacent to an activating group) is 1. The summed E-state index contributed by atoms with van der Waals surface area (Å²) in [4.78, 5) is 2.52. The van der Waals surface area contributed by atoms with Crippen LogP contribution in [-0.2, 0) is 6.42 Å². The summed E-state index contributed by atoms with van der Waals surface area (Å²) in [6.45, 7) is 1.26. The highest BCUT2D eigenvalue weighted by Gasteiger charge is 2.18. The van der Waals surface area contributed by atoms with Gasteiger partial charge in [0.15, 0.2) is 0 Å². The number of benzene rings is 2. The van der Waals surface area contributed by atoms with E-state index in [1.165, 1.54) is 48.9 Å². The van der Waals surface area contributed by atoms with Crippen LogP contribution in [0.5, 0.6) is 0 Å². The first-order chi connectivity index (χ1) is 9.83. The van der Waals surface area contributed by atoms with E-state index in [1.807, 2.05) is 0 Å². The highest BCUT2D eigenvalue weighted by molar-refractivity contribution is 5.63. The molecule has 0 bridgehead atoms. The summed E-state index contributed by atoms with van der Waals surface area (Å²) in [5, 5.41) is 0. The molecule has 1 unspecified atom stereocenters. The van der Waals surface area contributed by atoms with Crippen LogP contribution in [0.3, 0.4) is 0 Å². The van der Waals surface area contributed by atoms with Crippen LogP contribution in [0.25, 0.3) is 11.1 Å². The summed E-state index contributed by atoms with van der Waals surface area (Å²) in [5.41, 5.74) is 4.07. The Labute approximate surface area is 122 Å². The van der Waals surface area contributed by atoms with Crippen LogP contribution in [0.4, 0.5) is 0 Å². The van der Waals surface area contributed by atoms with Crippen LogP contribution in [0.1, 0.15) is 24.8 Å². The van der Waals surface area contributed by atoms with Crippen LogP contribution in [0, 0.1) is 0 Å². The molecule has 1 heteroatoms. The van der Waals surface area contributed by atoms with Crippen molar-refractivity contribution in [2.45, 2.75) is 31.7 Å². The van der Waals surface area contributed by atoms with Crippen molar-refractivity contribution in [1.29, 1.82) is 0 Å². The lowest BCUT2D eigenvalue weighted by atomic mass is 9.95. The van der Waals surface area contributed by atoms with Gasteiger partial charge in [0.1, 0.15) is 0 Å². The predicted octanol–water partition coefficient (Wildman–Crippen LogP) is 4.38. The third-order valence-electron chi connectivity index (χ3n) is 4.45. The lowest BCUT2D eigenvalue weighted by Crippen LogP contribution is -2.37. The fourth-order valence-corrected chi connectivity index (χ4v) is 3.14. The van der Waals surface area contributed by atoms with Gasteiger partial charge in [-0.1, -0.05) is 61.0 Å². The zero-order valence-electron chi connectivity index (χ0n) is 12.3. The van der Waals surface area contributed by atoms with Crippen molar-refractivity contribution in [2.24, 2.45) is 0 Å². The van der Waals surface area contributed by atoms with Gasteiger partial charge in [0.05, 0.1) is 0 Å². The van der Waals surface area contributed by atoms with Gasteiger partial charge in [0, 0.05) is 6.04 Å². The molecule has 1 aliphatic heterocycles. The molecule has 1 atom stereocenters. The summed E-state index contributed by atoms with van der Waals surface area (Å²) in [7, 11) is 2.27. The standard InChI is InChI=1S/C19H23N/c1-20-14-6-5-9-19(20)15-16-10-12-18(13-11-16)17-7-3-2-4-8-17/h2-4,7-8,10-13,19H,5-6,9,14-15H2,1H3. The topological polar surface area (TPSA) is 3.24 Å². The van der Waals surface area contributed by atoms with Gasteiger partial charge >= 0.3 is 0 Å². The fourth-order valence-electron chi connectivity index (χ4n) is 3.14. The second-order valence-corrected chi connectivity index (χ2v) is 5.90. The molecule has 20 heavy (non-hydrogen) atoms. The van der Waals surface area contributed by atoms with Gasteiger partial charge in [-0.3, -0.25) is 0 Å². The van der Waals surface area contributed by atoms with Crippen LogP contribution in [-0.4, -0.2) is 24.5 Å². The Bertz CT molecular complexity index is 529. The van der Waals surface area contributed by atoms with Crippen molar-refractivity contribution < 1.29 is 0 Å². The van der Waals surface area contributed by atoms with Crippen molar-refractivity contribution in [3.63, 3.8) is 0 Å². The van der Waals surface area contributed by atoms with E-state index in [0.29, 0.717) is 0 Å². The number of likely N-dealkylation sites (tertiary alicyclic amines) is 1. The van der Waals surface area contributed by atoms with Crippen molar-refractivity contribution in [2.75, 3.05) is 13.6 Å². The van der Waals surface area contributed by atoms with Crippen LogP contribution in [0.2, 0.25) is 0 Å². The molecular weight excluding hydrogens is 242 g/mol. The Morgan fingerprint density at radius 1 is 0.900 bits per heavy atom. The minimum atomic E-state index is 0.728. The third kappa shape index (κ3) is 3.10. The molecule has 1 nitrogen and oxygen atoms in total. The first-order valence-corrected chi connectivity index (χ1v) is 7.67. The highest BCUT2D eigenvalue weighted by Crippen LogP contribution is 2.22. The molecule has 2 aromatic carbocycles. The molecule has 0 spiro atoms. The van der Waals surface area contributed by atoms with E-state index in [0.717, 1.165) is 6.04 Å². The van der Waals surface area contributed by atoms with E-state index in [2.05, 4.69) is 66.5 Å². The summed E-state index contributed by atoms with van der Waals surface area (Å²) in [5.74, 6) is 0. The molecule has 3 rings (SSSR count). The number of piperidine rings is 1. The molecule has 1 aliphatic rings. The average Bonchev–Trinajstić information content (AvgIpc) is 2.51. The Balaban J connectivity index is 1.70. The molecular formula is C19H23N. The lowest BCUT2D eigenvalue weighted by molar-refractivity contribution is 0.184. The van der Waals surface area contributed by atoms with Gasteiger partial charge in [0.2, 0.25) is 0 Å². The van der Waals surface area contributed by atoms with Crippen molar-refractivity contribution in [3.8, 4) is 11.1 Å². The minimum Gasteiger partial charge on any atom is -0.303 e. The smallest absolute Gasteiger partial charge is 0.0133 e. The monoisotopic (exact) mass is 265 g/mol. The van der Waals surface area contributed by atoms with E-state index in [1.54, 1.807) is 0 Å². The molecule has 0 amide bonds. The highest BCUT2D eigenvalue weighted by atomic mass is 15.1. The van der Waals surface area contributed by atoms with Crippen LogP contribution in [0.15, 0.2) is 54.6 Å². The molecule has 0 radical (unpaired) electrons. The van der Waals surface area contributed by atoms with Crippen molar-refractivity contribution in [1.82, 2.24) is 4.90 Å².